The van der Waals surface area contributed by atoms with E-state index >= 15 is 0 Å². The Morgan fingerprint density at radius 2 is 1.93 bits per heavy atom. The lowest BCUT2D eigenvalue weighted by Gasteiger charge is -2.28. The molecule has 3 fully saturated rings. The van der Waals surface area contributed by atoms with Crippen LogP contribution in [0.4, 0.5) is 28.0 Å². The molecule has 9 heteroatoms. The summed E-state index contributed by atoms with van der Waals surface area (Å²) >= 11 is 0. The zero-order valence-corrected chi connectivity index (χ0v) is 16.2. The van der Waals surface area contributed by atoms with Crippen molar-refractivity contribution >= 4 is 11.7 Å². The lowest BCUT2D eigenvalue weighted by atomic mass is 9.98. The number of fused-ring (bicyclic) bond motifs is 1. The van der Waals surface area contributed by atoms with Crippen LogP contribution in [0.3, 0.4) is 0 Å². The quantitative estimate of drug-likeness (QED) is 0.761. The van der Waals surface area contributed by atoms with Crippen molar-refractivity contribution in [3.05, 3.63) is 24.3 Å². The first-order valence-electron chi connectivity index (χ1n) is 10.0. The minimum absolute atomic E-state index is 0.0564. The van der Waals surface area contributed by atoms with Crippen molar-refractivity contribution in [2.75, 3.05) is 24.5 Å². The number of para-hydroxylation sites is 2. The third kappa shape index (κ3) is 4.23. The first-order chi connectivity index (χ1) is 13.7. The van der Waals surface area contributed by atoms with Crippen LogP contribution < -0.4 is 15.0 Å². The van der Waals surface area contributed by atoms with Gasteiger partial charge in [0.15, 0.2) is 5.75 Å². The number of hydrogen-bond acceptors (Lipinski definition) is 3. The fourth-order valence-corrected chi connectivity index (χ4v) is 5.06. The molecule has 1 aromatic rings. The van der Waals surface area contributed by atoms with Crippen LogP contribution in [0.25, 0.3) is 0 Å². The summed E-state index contributed by atoms with van der Waals surface area (Å²) in [6, 6.07) is 5.71. The Kier molecular flexibility index (Phi) is 5.25. The van der Waals surface area contributed by atoms with Gasteiger partial charge in [-0.2, -0.15) is 0 Å². The Bertz CT molecular complexity index is 759. The summed E-state index contributed by atoms with van der Waals surface area (Å²) in [4.78, 5) is 16.0. The van der Waals surface area contributed by atoms with E-state index in [0.29, 0.717) is 31.1 Å². The maximum Gasteiger partial charge on any atom is 0.573 e. The molecule has 0 bridgehead atoms. The second kappa shape index (κ2) is 7.57. The number of halogens is 4. The van der Waals surface area contributed by atoms with Crippen molar-refractivity contribution in [2.24, 2.45) is 11.8 Å². The molecule has 1 aromatic carbocycles. The number of nitrogens with zero attached hydrogens (tertiary/aromatic N) is 2. The molecule has 160 valence electrons. The van der Waals surface area contributed by atoms with E-state index in [1.54, 1.807) is 12.1 Å². The molecule has 2 saturated heterocycles. The zero-order valence-electron chi connectivity index (χ0n) is 16.2. The second-order valence-electron chi connectivity index (χ2n) is 8.31. The first-order valence-corrected chi connectivity index (χ1v) is 10.0. The van der Waals surface area contributed by atoms with Gasteiger partial charge >= 0.3 is 12.4 Å². The Morgan fingerprint density at radius 1 is 1.17 bits per heavy atom. The lowest BCUT2D eigenvalue weighted by molar-refractivity contribution is -0.274. The number of carbonyl (C=O) groups excluding carboxylic acids is 1. The SMILES string of the molecule is CC1C[C@@H](F)CN1C(=O)N[C@H]1CC[C@@H]2CN(c3ccccc3OC(F)(F)F)C[C@@H]21. The molecule has 3 aliphatic rings. The number of alkyl halides is 4. The molecular weight excluding hydrogens is 390 g/mol. The molecule has 1 unspecified atom stereocenters. The number of nitrogens with one attached hydrogen (secondary N) is 1. The summed E-state index contributed by atoms with van der Waals surface area (Å²) in [5.74, 6) is 0.238. The number of benzene rings is 1. The van der Waals surface area contributed by atoms with Gasteiger partial charge in [0.2, 0.25) is 0 Å². The smallest absolute Gasteiger partial charge is 0.404 e. The monoisotopic (exact) mass is 415 g/mol. The minimum atomic E-state index is -4.75. The first kappa shape index (κ1) is 20.1. The fraction of sp³-hybridized carbons (Fsp3) is 0.650. The molecule has 2 amide bonds. The summed E-state index contributed by atoms with van der Waals surface area (Å²) in [7, 11) is 0. The van der Waals surface area contributed by atoms with Crippen molar-refractivity contribution < 1.29 is 27.1 Å². The molecular formula is C20H25F4N3O2. The zero-order chi connectivity index (χ0) is 20.8. The number of hydrogen-bond donors (Lipinski definition) is 1. The number of rotatable bonds is 3. The number of ether oxygens (including phenoxy) is 1. The lowest BCUT2D eigenvalue weighted by Crippen LogP contribution is -2.48. The standard InChI is InChI=1S/C20H25F4N3O2/c1-12-8-14(21)10-27(12)19(28)25-16-7-6-13-9-26(11-15(13)16)17-4-2-3-5-18(17)29-20(22,23)24/h2-5,12-16H,6-11H2,1H3,(H,25,28)/t12?,13-,14-,15+,16+/m1/s1. The predicted octanol–water partition coefficient (Wildman–Crippen LogP) is 3.94. The van der Waals surface area contributed by atoms with Gasteiger partial charge in [-0.05, 0) is 37.8 Å². The topological polar surface area (TPSA) is 44.8 Å². The Balaban J connectivity index is 1.42. The van der Waals surface area contributed by atoms with E-state index in [9.17, 15) is 22.4 Å². The highest BCUT2D eigenvalue weighted by Crippen LogP contribution is 2.43. The van der Waals surface area contributed by atoms with E-state index in [1.807, 2.05) is 11.8 Å². The Labute approximate surface area is 167 Å². The molecule has 0 radical (unpaired) electrons. The van der Waals surface area contributed by atoms with E-state index in [4.69, 9.17) is 0 Å². The van der Waals surface area contributed by atoms with E-state index in [-0.39, 0.29) is 36.3 Å². The van der Waals surface area contributed by atoms with Gasteiger partial charge in [0.25, 0.3) is 0 Å². The van der Waals surface area contributed by atoms with Crippen molar-refractivity contribution in [1.29, 1.82) is 0 Å². The number of likely N-dealkylation sites (tertiary alicyclic amines) is 1. The van der Waals surface area contributed by atoms with Gasteiger partial charge < -0.3 is 19.9 Å². The van der Waals surface area contributed by atoms with E-state index < -0.39 is 12.5 Å². The van der Waals surface area contributed by atoms with Crippen LogP contribution >= 0.6 is 0 Å². The van der Waals surface area contributed by atoms with E-state index in [1.165, 1.54) is 17.0 Å². The number of anilines is 1. The highest BCUT2D eigenvalue weighted by Gasteiger charge is 2.45. The van der Waals surface area contributed by atoms with Crippen molar-refractivity contribution in [1.82, 2.24) is 10.2 Å². The van der Waals surface area contributed by atoms with Crippen molar-refractivity contribution in [3.63, 3.8) is 0 Å². The summed E-state index contributed by atoms with van der Waals surface area (Å²) in [6.07, 6.45) is -3.65. The molecule has 2 aliphatic heterocycles. The van der Waals surface area contributed by atoms with Crippen LogP contribution in [-0.2, 0) is 0 Å². The van der Waals surface area contributed by atoms with Crippen molar-refractivity contribution in [3.8, 4) is 5.75 Å². The predicted molar refractivity (Wildman–Crippen MR) is 99.6 cm³/mol. The highest BCUT2D eigenvalue weighted by atomic mass is 19.4. The maximum absolute atomic E-state index is 13.6. The number of urea groups is 1. The van der Waals surface area contributed by atoms with E-state index in [2.05, 4.69) is 10.1 Å². The van der Waals surface area contributed by atoms with Gasteiger partial charge in [-0.3, -0.25) is 0 Å². The van der Waals surface area contributed by atoms with Crippen LogP contribution in [0.1, 0.15) is 26.2 Å². The number of carbonyl (C=O) groups is 1. The molecule has 4 rings (SSSR count). The third-order valence-electron chi connectivity index (χ3n) is 6.38. The number of amides is 2. The molecule has 0 spiro atoms. The molecule has 1 aliphatic carbocycles. The highest BCUT2D eigenvalue weighted by molar-refractivity contribution is 5.75. The summed E-state index contributed by atoms with van der Waals surface area (Å²) in [6.45, 7) is 3.13. The molecule has 1 saturated carbocycles. The average molecular weight is 415 g/mol. The normalized spacial score (nSPS) is 31.8. The largest absolute Gasteiger partial charge is 0.573 e. The van der Waals surface area contributed by atoms with Crippen molar-refractivity contribution in [2.45, 2.75) is 50.8 Å². The fourth-order valence-electron chi connectivity index (χ4n) is 5.06. The summed E-state index contributed by atoms with van der Waals surface area (Å²) in [5, 5.41) is 3.05. The molecule has 0 aromatic heterocycles. The van der Waals surface area contributed by atoms with Gasteiger partial charge in [0.1, 0.15) is 6.17 Å². The molecule has 5 atom stereocenters. The maximum atomic E-state index is 13.6. The van der Waals surface area contributed by atoms with Crippen LogP contribution in [0.2, 0.25) is 0 Å². The molecule has 5 nitrogen and oxygen atoms in total. The van der Waals surface area contributed by atoms with Gasteiger partial charge in [0, 0.05) is 37.5 Å². The molecule has 2 heterocycles. The third-order valence-corrected chi connectivity index (χ3v) is 6.38. The van der Waals surface area contributed by atoms with Gasteiger partial charge in [-0.15, -0.1) is 13.2 Å². The average Bonchev–Trinajstić information content (AvgIpc) is 3.29. The van der Waals surface area contributed by atoms with Crippen LogP contribution in [0.15, 0.2) is 24.3 Å². The molecule has 1 N–H and O–H groups in total. The van der Waals surface area contributed by atoms with Gasteiger partial charge in [-0.25, -0.2) is 9.18 Å². The van der Waals surface area contributed by atoms with Crippen LogP contribution in [-0.4, -0.2) is 55.2 Å². The van der Waals surface area contributed by atoms with Crippen LogP contribution in [0.5, 0.6) is 5.75 Å². The molecule has 29 heavy (non-hydrogen) atoms. The Hall–Kier alpha value is -2.19. The van der Waals surface area contributed by atoms with Gasteiger partial charge in [-0.1, -0.05) is 12.1 Å². The minimum Gasteiger partial charge on any atom is -0.404 e. The summed E-state index contributed by atoms with van der Waals surface area (Å²) in [5.41, 5.74) is 0.415. The van der Waals surface area contributed by atoms with Gasteiger partial charge in [0.05, 0.1) is 12.2 Å². The summed E-state index contributed by atoms with van der Waals surface area (Å²) < 4.78 is 56.0. The Morgan fingerprint density at radius 3 is 2.62 bits per heavy atom. The van der Waals surface area contributed by atoms with E-state index in [0.717, 1.165) is 12.8 Å². The second-order valence-corrected chi connectivity index (χ2v) is 8.31. The van der Waals surface area contributed by atoms with Crippen LogP contribution in [0, 0.1) is 11.8 Å².